The molecule has 10 aromatic carbocycles. The maximum atomic E-state index is 12.9. The number of nitrogens with two attached hydrogens (primary N) is 4. The lowest BCUT2D eigenvalue weighted by Gasteiger charge is -2.18. The van der Waals surface area contributed by atoms with Crippen LogP contribution < -0.4 is 47.9 Å². The van der Waals surface area contributed by atoms with E-state index < -0.39 is 5.24 Å². The van der Waals surface area contributed by atoms with Gasteiger partial charge in [-0.15, -0.1) is 22.7 Å². The van der Waals surface area contributed by atoms with E-state index in [9.17, 15) is 28.8 Å². The van der Waals surface area contributed by atoms with E-state index in [1.54, 1.807) is 19.1 Å². The van der Waals surface area contributed by atoms with Gasteiger partial charge in [0, 0.05) is 110 Å². The molecule has 12 aromatic rings. The summed E-state index contributed by atoms with van der Waals surface area (Å²) in [5.74, 6) is 0.355. The number of nitrogens with one attached hydrogen (secondary N) is 1. The highest BCUT2D eigenvalue weighted by Gasteiger charge is 2.31. The highest BCUT2D eigenvalue weighted by atomic mass is 79.9. The number of aromatic nitrogens is 2. The summed E-state index contributed by atoms with van der Waals surface area (Å²) < 4.78 is -0.0116. The summed E-state index contributed by atoms with van der Waals surface area (Å²) in [5, 5.41) is 4.08. The molecule has 4 amide bonds. The Morgan fingerprint density at radius 2 is 0.713 bits per heavy atom. The van der Waals surface area contributed by atoms with E-state index in [2.05, 4.69) is 145 Å². The number of benzene rings is 10. The fraction of sp³-hybridized carbons (Fsp3) is 0.255. The van der Waals surface area contributed by atoms with Crippen LogP contribution in [0.15, 0.2) is 231 Å². The van der Waals surface area contributed by atoms with Crippen molar-refractivity contribution in [1.29, 1.82) is 0 Å². The first kappa shape index (κ1) is 94.8. The van der Waals surface area contributed by atoms with E-state index in [0.717, 1.165) is 150 Å². The Bertz CT molecular complexity index is 5350. The van der Waals surface area contributed by atoms with Gasteiger partial charge >= 0.3 is 0 Å². The fourth-order valence-corrected chi connectivity index (χ4v) is 16.2. The maximum Gasteiger partial charge on any atom is 0.258 e. The molecule has 0 saturated heterocycles. The minimum atomic E-state index is -0.391. The summed E-state index contributed by atoms with van der Waals surface area (Å²) in [4.78, 5) is 92.6. The van der Waals surface area contributed by atoms with Crippen LogP contribution in [-0.4, -0.2) is 111 Å². The number of hydrogen-bond donors (Lipinski definition) is 5. The highest BCUT2D eigenvalue weighted by Crippen LogP contribution is 2.39. The summed E-state index contributed by atoms with van der Waals surface area (Å²) in [6.45, 7) is 29.8. The molecule has 5 aliphatic rings. The van der Waals surface area contributed by atoms with E-state index in [0.29, 0.717) is 28.9 Å². The van der Waals surface area contributed by atoms with Crippen molar-refractivity contribution in [1.82, 2.24) is 14.9 Å². The normalized spacial score (nSPS) is 12.7. The number of nitrogens with zero attached hydrogens (tertiary/aromatic N) is 7. The topological polar surface area (TPSA) is 261 Å². The van der Waals surface area contributed by atoms with Crippen molar-refractivity contribution in [2.75, 3.05) is 88.7 Å². The molecular weight excluding hydrogens is 1730 g/mol. The van der Waals surface area contributed by atoms with E-state index >= 15 is 0 Å². The van der Waals surface area contributed by atoms with Gasteiger partial charge in [0.15, 0.2) is 15.4 Å². The number of nitrogen functional groups attached to an aromatic ring is 2. The van der Waals surface area contributed by atoms with E-state index in [4.69, 9.17) is 23.1 Å². The van der Waals surface area contributed by atoms with Crippen LogP contribution in [0.4, 0.5) is 38.7 Å². The number of alkyl halides is 1. The lowest BCUT2D eigenvalue weighted by atomic mass is 10.0. The molecule has 0 saturated carbocycles. The smallest absolute Gasteiger partial charge is 0.258 e. The van der Waals surface area contributed by atoms with E-state index in [1.807, 2.05) is 238 Å². The Hall–Kier alpha value is -11.0. The number of anilines is 7. The average Bonchev–Trinajstić information content (AvgIpc) is 1.64. The fourth-order valence-electron chi connectivity index (χ4n) is 14.5. The molecule has 2 aromatic heterocycles. The lowest BCUT2D eigenvalue weighted by molar-refractivity contribution is -0.109. The minimum Gasteiger partial charge on any atom is -0.384 e. The van der Waals surface area contributed by atoms with Gasteiger partial charge in [0.25, 0.3) is 28.9 Å². The van der Waals surface area contributed by atoms with E-state index in [1.165, 1.54) is 82.2 Å². The second-order valence-electron chi connectivity index (χ2n) is 29.3. The van der Waals surface area contributed by atoms with Gasteiger partial charge in [-0.2, -0.15) is 0 Å². The van der Waals surface area contributed by atoms with Crippen molar-refractivity contribution in [2.45, 2.75) is 113 Å². The number of thiocarbonyl (C=S) groups is 1. The summed E-state index contributed by atoms with van der Waals surface area (Å²) in [6.07, 6.45) is 4.82. The Balaban J connectivity index is 0.000000164. The minimum absolute atomic E-state index is 0.000000000000000222. The van der Waals surface area contributed by atoms with Crippen LogP contribution >= 0.6 is 78.4 Å². The number of hydrogen-bond acceptors (Lipinski definition) is 15. The Morgan fingerprint density at radius 1 is 0.434 bits per heavy atom. The Kier molecular flexibility index (Phi) is 36.0. The zero-order valence-electron chi connectivity index (χ0n) is 71.0. The highest BCUT2D eigenvalue weighted by molar-refractivity contribution is 9.20. The molecular formula is C98H107Br2ClN12O6S3. The summed E-state index contributed by atoms with van der Waals surface area (Å²) in [7, 11) is 0. The third-order valence-electron chi connectivity index (χ3n) is 21.1. The summed E-state index contributed by atoms with van der Waals surface area (Å²) >= 11 is 18.2. The molecule has 24 heteroatoms. The molecule has 0 fully saturated rings. The van der Waals surface area contributed by atoms with Crippen LogP contribution in [0.5, 0.6) is 0 Å². The predicted molar refractivity (Wildman–Crippen MR) is 519 cm³/mol. The number of carbonyl (C=O) groups excluding carboxylic acids is 6. The number of halogens is 3. The first-order valence-electron chi connectivity index (χ1n) is 40.6. The van der Waals surface area contributed by atoms with Gasteiger partial charge in [-0.3, -0.25) is 28.8 Å². The number of thiazole rings is 2. The maximum absolute atomic E-state index is 12.9. The average molecular weight is 1840 g/mol. The van der Waals surface area contributed by atoms with Gasteiger partial charge in [-0.05, 0) is 275 Å². The van der Waals surface area contributed by atoms with Crippen LogP contribution in [-0.2, 0) is 36.9 Å². The number of amides is 4. The molecule has 5 aliphatic heterocycles. The number of carbonyl (C=O) groups is 6. The summed E-state index contributed by atoms with van der Waals surface area (Å²) in [6, 6.07) is 75.4. The van der Waals surface area contributed by atoms with Crippen LogP contribution in [0.3, 0.4) is 0 Å². The van der Waals surface area contributed by atoms with Crippen LogP contribution in [0.2, 0.25) is 0 Å². The van der Waals surface area contributed by atoms with Crippen LogP contribution in [0.1, 0.15) is 145 Å². The van der Waals surface area contributed by atoms with Gasteiger partial charge in [-0.1, -0.05) is 194 Å². The third-order valence-corrected chi connectivity index (χ3v) is 24.6. The van der Waals surface area contributed by atoms with Crippen molar-refractivity contribution in [3.63, 3.8) is 0 Å². The first-order chi connectivity index (χ1) is 58.5. The molecule has 7 heterocycles. The third kappa shape index (κ3) is 25.6. The van der Waals surface area contributed by atoms with Gasteiger partial charge in [0.05, 0.1) is 16.2 Å². The largest absolute Gasteiger partial charge is 0.384 e. The second-order valence-corrected chi connectivity index (χ2v) is 34.7. The molecule has 634 valence electrons. The monoisotopic (exact) mass is 1840 g/mol. The molecule has 0 aliphatic carbocycles. The number of fused-ring (bicyclic) bond motifs is 5. The molecule has 1 atom stereocenters. The zero-order chi connectivity index (χ0) is 88.3. The standard InChI is InChI=1S/2C20H19N3OS.2C16H15NO.C8H7ClO.C8H9N.C6H15N.C3H4Br2O.CH4N2S/c2*1-12-5-3-4-6-16(12)19(24)23-10-9-14-11-15(7-8-17(14)23)18-13(2)25-20(21)22-18;2*1-12-6-2-4-8-14(12)16(18)17-11-10-13-7-3-5-9-15(13)17;1-6-4-2-3-5-7(6)8(9)10;1-2-4-8-7(3-1)5-6-9-8;1-4-7(5-2)6-3;1-2(4)3(5)6;2-1(3)4/h2*3-8,11H,9-10H2,1-2H3,(H2,21,22);2*2-9H,10-11H2,1H3;2-5H,1H3;1-4,9H,5-6H2;4-6H2,1-3H3;2H,1H3;(H4,2,3,4). The van der Waals surface area contributed by atoms with Crippen molar-refractivity contribution in [3.05, 3.63) is 324 Å². The molecule has 18 nitrogen and oxygen atoms in total. The Labute approximate surface area is 753 Å². The van der Waals surface area contributed by atoms with Gasteiger partial charge in [-0.25, -0.2) is 9.97 Å². The SMILES string of the molecule is CC(Br)C(=O)Br.CCN(CC)CC.Cc1ccccc1C(=O)Cl.Cc1ccccc1C(=O)N1CCc2cc(-c3nc(N)sc3C)ccc21.Cc1ccccc1C(=O)N1CCc2cc(-c3nc(N)sc3C)ccc21.Cc1ccccc1C(=O)N1CCc2ccccc21.Cc1ccccc1C(=O)N1CCc2ccccc21.NC(N)=S.c1ccc2c(c1)CCN2. The zero-order valence-corrected chi connectivity index (χ0v) is 77.3. The first-order valence-corrected chi connectivity index (χ1v) is 44.7. The van der Waals surface area contributed by atoms with Gasteiger partial charge < -0.3 is 52.8 Å². The molecule has 9 N–H and O–H groups in total. The number of rotatable bonds is 11. The predicted octanol–water partition coefficient (Wildman–Crippen LogP) is 21.1. The van der Waals surface area contributed by atoms with E-state index in [-0.39, 0.29) is 38.3 Å². The van der Waals surface area contributed by atoms with Crippen LogP contribution in [0.25, 0.3) is 22.5 Å². The summed E-state index contributed by atoms with van der Waals surface area (Å²) in [5.41, 5.74) is 45.4. The molecule has 0 radical (unpaired) electrons. The molecule has 0 spiro atoms. The second kappa shape index (κ2) is 46.3. The molecule has 1 unspecified atom stereocenters. The Morgan fingerprint density at radius 3 is 0.984 bits per heavy atom. The quantitative estimate of drug-likeness (QED) is 0.0458. The number of aryl methyl sites for hydroxylation is 7. The molecule has 122 heavy (non-hydrogen) atoms. The van der Waals surface area contributed by atoms with Crippen molar-refractivity contribution >= 4 is 156 Å². The van der Waals surface area contributed by atoms with Gasteiger partial charge in [0.2, 0.25) is 4.69 Å². The van der Waals surface area contributed by atoms with Gasteiger partial charge in [0.1, 0.15) is 0 Å². The van der Waals surface area contributed by atoms with Crippen molar-refractivity contribution in [2.24, 2.45) is 11.5 Å². The van der Waals surface area contributed by atoms with Crippen molar-refractivity contribution in [3.8, 4) is 22.5 Å². The molecule has 0 bridgehead atoms. The number of para-hydroxylation sites is 3. The van der Waals surface area contributed by atoms with Crippen molar-refractivity contribution < 1.29 is 28.8 Å². The molecule has 17 rings (SSSR count). The lowest BCUT2D eigenvalue weighted by Crippen LogP contribution is -2.29. The van der Waals surface area contributed by atoms with Crippen LogP contribution in [0, 0.1) is 48.5 Å².